The van der Waals surface area contributed by atoms with E-state index in [4.69, 9.17) is 4.74 Å². The molecule has 3 aliphatic heterocycles. The number of amides is 1. The number of carbonyl (C=O) groups excluding carboxylic acids is 2. The average molecular weight is 430 g/mol. The number of rotatable bonds is 5. The number of thioether (sulfide) groups is 1. The van der Waals surface area contributed by atoms with Gasteiger partial charge in [0.1, 0.15) is 5.82 Å². The number of ether oxygens (including phenoxy) is 1. The summed E-state index contributed by atoms with van der Waals surface area (Å²) >= 11 is 1.43. The molecule has 30 heavy (non-hydrogen) atoms. The van der Waals surface area contributed by atoms with E-state index in [1.54, 1.807) is 12.1 Å². The fourth-order valence-electron chi connectivity index (χ4n) is 4.14. The van der Waals surface area contributed by atoms with Crippen LogP contribution in [0.25, 0.3) is 0 Å². The number of methoxy groups -OCH3 is 1. The number of nitrogens with zero attached hydrogens (tertiary/aromatic N) is 3. The fourth-order valence-corrected chi connectivity index (χ4v) is 5.08. The van der Waals surface area contributed by atoms with Crippen molar-refractivity contribution in [2.24, 2.45) is 4.99 Å². The van der Waals surface area contributed by atoms with Crippen molar-refractivity contribution in [1.82, 2.24) is 9.80 Å². The van der Waals surface area contributed by atoms with Crippen LogP contribution in [-0.2, 0) is 14.3 Å². The van der Waals surface area contributed by atoms with E-state index in [9.17, 15) is 14.0 Å². The van der Waals surface area contributed by atoms with E-state index in [1.807, 2.05) is 22.1 Å². The predicted octanol–water partition coefficient (Wildman–Crippen LogP) is 3.98. The topological polar surface area (TPSA) is 62.2 Å². The molecule has 1 fully saturated rings. The number of aliphatic imine (C=N–C) groups is 1. The molecule has 3 aliphatic rings. The van der Waals surface area contributed by atoms with Crippen molar-refractivity contribution >= 4 is 28.8 Å². The van der Waals surface area contributed by atoms with Gasteiger partial charge in [0, 0.05) is 18.8 Å². The Labute approximate surface area is 179 Å². The first-order valence-corrected chi connectivity index (χ1v) is 11.0. The normalized spacial score (nSPS) is 20.8. The van der Waals surface area contributed by atoms with Crippen LogP contribution in [0.4, 0.5) is 4.39 Å². The number of benzene rings is 1. The number of likely N-dealkylation sites (tertiary alicyclic amines) is 1. The highest BCUT2D eigenvalue weighted by Crippen LogP contribution is 2.45. The lowest BCUT2D eigenvalue weighted by Gasteiger charge is -2.36. The van der Waals surface area contributed by atoms with Crippen molar-refractivity contribution in [1.29, 1.82) is 0 Å². The van der Waals surface area contributed by atoms with Gasteiger partial charge >= 0.3 is 5.97 Å². The summed E-state index contributed by atoms with van der Waals surface area (Å²) in [7, 11) is 1.33. The second-order valence-corrected chi connectivity index (χ2v) is 8.26. The molecule has 1 amide bonds. The van der Waals surface area contributed by atoms with Crippen LogP contribution in [0.3, 0.4) is 0 Å². The van der Waals surface area contributed by atoms with Gasteiger partial charge in [0.2, 0.25) is 5.91 Å². The molecule has 1 atom stereocenters. The van der Waals surface area contributed by atoms with E-state index in [-0.39, 0.29) is 18.1 Å². The highest BCUT2D eigenvalue weighted by atomic mass is 32.2. The Morgan fingerprint density at radius 2 is 2.07 bits per heavy atom. The second kappa shape index (κ2) is 8.63. The summed E-state index contributed by atoms with van der Waals surface area (Å²) in [6.45, 7) is 3.48. The summed E-state index contributed by atoms with van der Waals surface area (Å²) in [5.41, 5.74) is 2.39. The van der Waals surface area contributed by atoms with Crippen LogP contribution in [0.2, 0.25) is 0 Å². The molecule has 4 rings (SSSR count). The number of allylic oxidation sites excluding steroid dienone is 1. The Hall–Kier alpha value is -2.61. The van der Waals surface area contributed by atoms with Gasteiger partial charge in [-0.2, -0.15) is 0 Å². The standard InChI is InChI=1S/C22H24FN3O3S/c1-3-17-19(21(28)29-2)20(14-7-6-8-15(23)11-14)26-16(13-30-22(26)24-17)12-18(27)25-9-4-5-10-25/h6-8,11,13,20H,3-5,9-10,12H2,1-2H3. The molecule has 0 N–H and O–H groups in total. The number of carbonyl (C=O) groups is 2. The Bertz CT molecular complexity index is 966. The number of amidine groups is 1. The first-order chi connectivity index (χ1) is 14.5. The van der Waals surface area contributed by atoms with Crippen LogP contribution in [0.15, 0.2) is 51.6 Å². The van der Waals surface area contributed by atoms with Crippen LogP contribution >= 0.6 is 11.8 Å². The van der Waals surface area contributed by atoms with Gasteiger partial charge in [0.25, 0.3) is 0 Å². The molecular formula is C22H24FN3O3S. The van der Waals surface area contributed by atoms with E-state index in [0.29, 0.717) is 28.4 Å². The maximum atomic E-state index is 14.1. The van der Waals surface area contributed by atoms with Gasteiger partial charge in [-0.25, -0.2) is 14.2 Å². The minimum atomic E-state index is -0.594. The monoisotopic (exact) mass is 429 g/mol. The lowest BCUT2D eigenvalue weighted by atomic mass is 9.93. The smallest absolute Gasteiger partial charge is 0.338 e. The number of esters is 1. The van der Waals surface area contributed by atoms with Gasteiger partial charge in [-0.3, -0.25) is 4.79 Å². The molecule has 3 heterocycles. The number of hydrogen-bond donors (Lipinski definition) is 0. The molecule has 0 spiro atoms. The molecule has 6 nitrogen and oxygen atoms in total. The Morgan fingerprint density at radius 1 is 1.30 bits per heavy atom. The molecule has 0 radical (unpaired) electrons. The van der Waals surface area contributed by atoms with Crippen LogP contribution in [0.5, 0.6) is 0 Å². The lowest BCUT2D eigenvalue weighted by Crippen LogP contribution is -2.38. The van der Waals surface area contributed by atoms with E-state index in [1.165, 1.54) is 31.0 Å². The van der Waals surface area contributed by atoms with Crippen molar-refractivity contribution in [3.05, 3.63) is 58.0 Å². The predicted molar refractivity (Wildman–Crippen MR) is 114 cm³/mol. The second-order valence-electron chi connectivity index (χ2n) is 7.42. The van der Waals surface area contributed by atoms with Crippen LogP contribution < -0.4 is 0 Å². The zero-order chi connectivity index (χ0) is 21.3. The third-order valence-corrected chi connectivity index (χ3v) is 6.47. The average Bonchev–Trinajstić information content (AvgIpc) is 3.42. The highest BCUT2D eigenvalue weighted by Gasteiger charge is 2.41. The first kappa shape index (κ1) is 20.7. The Balaban J connectivity index is 1.75. The number of halogens is 1. The van der Waals surface area contributed by atoms with Gasteiger partial charge in [-0.1, -0.05) is 30.8 Å². The molecule has 1 unspecified atom stereocenters. The van der Waals surface area contributed by atoms with Crippen molar-refractivity contribution < 1.29 is 18.7 Å². The molecule has 0 aromatic heterocycles. The zero-order valence-corrected chi connectivity index (χ0v) is 17.9. The molecule has 0 bridgehead atoms. The minimum absolute atomic E-state index is 0.0588. The van der Waals surface area contributed by atoms with Gasteiger partial charge in [0.05, 0.1) is 30.8 Å². The van der Waals surface area contributed by atoms with E-state index in [0.717, 1.165) is 31.6 Å². The van der Waals surface area contributed by atoms with Gasteiger partial charge in [0.15, 0.2) is 5.17 Å². The van der Waals surface area contributed by atoms with Crippen molar-refractivity contribution in [3.63, 3.8) is 0 Å². The molecule has 1 aromatic carbocycles. The summed E-state index contributed by atoms with van der Waals surface area (Å²) in [6, 6.07) is 5.61. The van der Waals surface area contributed by atoms with Crippen molar-refractivity contribution in [2.45, 2.75) is 38.6 Å². The maximum absolute atomic E-state index is 14.1. The van der Waals surface area contributed by atoms with E-state index in [2.05, 4.69) is 4.99 Å². The largest absolute Gasteiger partial charge is 0.466 e. The molecular weight excluding hydrogens is 405 g/mol. The third-order valence-electron chi connectivity index (χ3n) is 5.58. The fraction of sp³-hybridized carbons (Fsp3) is 0.409. The molecule has 0 saturated carbocycles. The highest BCUT2D eigenvalue weighted by molar-refractivity contribution is 8.16. The Kier molecular flexibility index (Phi) is 5.94. The minimum Gasteiger partial charge on any atom is -0.466 e. The lowest BCUT2D eigenvalue weighted by molar-refractivity contribution is -0.136. The van der Waals surface area contributed by atoms with Gasteiger partial charge < -0.3 is 14.5 Å². The number of fused-ring (bicyclic) bond motifs is 1. The Morgan fingerprint density at radius 3 is 2.73 bits per heavy atom. The van der Waals surface area contributed by atoms with Crippen LogP contribution in [0.1, 0.15) is 44.2 Å². The SMILES string of the molecule is CCC1=C(C(=O)OC)C(c2cccc(F)c2)N2C(CC(=O)N3CCCC3)=CSC2=N1. The maximum Gasteiger partial charge on any atom is 0.338 e. The van der Waals surface area contributed by atoms with Crippen LogP contribution in [0, 0.1) is 5.82 Å². The third kappa shape index (κ3) is 3.76. The van der Waals surface area contributed by atoms with Crippen LogP contribution in [-0.4, -0.2) is 47.0 Å². The zero-order valence-electron chi connectivity index (χ0n) is 17.1. The molecule has 8 heteroatoms. The van der Waals surface area contributed by atoms with Gasteiger partial charge in [-0.05, 0) is 42.4 Å². The van der Waals surface area contributed by atoms with Crippen molar-refractivity contribution in [2.75, 3.05) is 20.2 Å². The molecule has 1 aromatic rings. The number of hydrogen-bond acceptors (Lipinski definition) is 6. The summed E-state index contributed by atoms with van der Waals surface area (Å²) in [5, 5.41) is 2.60. The van der Waals surface area contributed by atoms with E-state index >= 15 is 0 Å². The molecule has 1 saturated heterocycles. The van der Waals surface area contributed by atoms with Gasteiger partial charge in [-0.15, -0.1) is 0 Å². The van der Waals surface area contributed by atoms with E-state index < -0.39 is 12.0 Å². The summed E-state index contributed by atoms with van der Waals surface area (Å²) in [6.07, 6.45) is 2.80. The summed E-state index contributed by atoms with van der Waals surface area (Å²) in [5.74, 6) is -0.821. The molecule has 158 valence electrons. The summed E-state index contributed by atoms with van der Waals surface area (Å²) < 4.78 is 19.2. The quantitative estimate of drug-likeness (QED) is 0.663. The molecule has 0 aliphatic carbocycles. The summed E-state index contributed by atoms with van der Waals surface area (Å²) in [4.78, 5) is 34.0. The first-order valence-electron chi connectivity index (χ1n) is 10.1. The van der Waals surface area contributed by atoms with Crippen molar-refractivity contribution in [3.8, 4) is 0 Å².